The third-order valence-corrected chi connectivity index (χ3v) is 6.24. The fraction of sp³-hybridized carbons (Fsp3) is 0.600. The zero-order valence-electron chi connectivity index (χ0n) is 10.4. The molecule has 0 amide bonds. The van der Waals surface area contributed by atoms with E-state index in [0.717, 1.165) is 24.3 Å². The summed E-state index contributed by atoms with van der Waals surface area (Å²) in [7, 11) is -1.82. The number of hydrogen-bond donors (Lipinski definition) is 1. The van der Waals surface area contributed by atoms with E-state index in [0.29, 0.717) is 19.6 Å². The maximum Gasteiger partial charge on any atom is 0.356 e. The molecule has 0 aliphatic carbocycles. The Balaban J connectivity index is 2.31. The second kappa shape index (κ2) is 5.53. The number of carbonyl (C=O) groups is 1. The molecule has 0 spiro atoms. The zero-order chi connectivity index (χ0) is 14.0. The molecule has 1 saturated heterocycles. The molecule has 0 unspecified atom stereocenters. The van der Waals surface area contributed by atoms with E-state index in [-0.39, 0.29) is 9.90 Å². The van der Waals surface area contributed by atoms with Crippen LogP contribution < -0.4 is 0 Å². The number of thiazole rings is 1. The molecular formula is C10H15N3O4S2. The molecule has 0 aromatic carbocycles. The molecule has 9 heteroatoms. The Labute approximate surface area is 115 Å². The molecule has 106 valence electrons. The summed E-state index contributed by atoms with van der Waals surface area (Å²) >= 11 is 0.851. The quantitative estimate of drug-likeness (QED) is 0.856. The van der Waals surface area contributed by atoms with Crippen molar-refractivity contribution >= 4 is 27.3 Å². The minimum atomic E-state index is -3.76. The van der Waals surface area contributed by atoms with Crippen molar-refractivity contribution in [2.24, 2.45) is 0 Å². The fourth-order valence-electron chi connectivity index (χ4n) is 1.94. The molecule has 1 aliphatic rings. The van der Waals surface area contributed by atoms with E-state index in [1.165, 1.54) is 9.82 Å². The van der Waals surface area contributed by atoms with Gasteiger partial charge in [0, 0.05) is 19.6 Å². The Kier molecular flexibility index (Phi) is 4.19. The number of carboxylic acids is 1. The lowest BCUT2D eigenvalue weighted by Crippen LogP contribution is -2.34. The summed E-state index contributed by atoms with van der Waals surface area (Å²) in [6.45, 7) is 2.25. The second-order valence-electron chi connectivity index (χ2n) is 4.35. The van der Waals surface area contributed by atoms with Crippen molar-refractivity contribution in [3.63, 3.8) is 0 Å². The predicted molar refractivity (Wildman–Crippen MR) is 69.9 cm³/mol. The van der Waals surface area contributed by atoms with E-state index in [9.17, 15) is 13.2 Å². The maximum absolute atomic E-state index is 12.4. The molecule has 2 rings (SSSR count). The largest absolute Gasteiger partial charge is 0.476 e. The van der Waals surface area contributed by atoms with Gasteiger partial charge in [-0.05, 0) is 20.0 Å². The van der Waals surface area contributed by atoms with Gasteiger partial charge in [0.2, 0.25) is 0 Å². The molecule has 0 radical (unpaired) electrons. The third kappa shape index (κ3) is 2.94. The van der Waals surface area contributed by atoms with Gasteiger partial charge in [0.15, 0.2) is 9.90 Å². The van der Waals surface area contributed by atoms with Crippen molar-refractivity contribution < 1.29 is 18.3 Å². The smallest absolute Gasteiger partial charge is 0.356 e. The minimum Gasteiger partial charge on any atom is -0.476 e. The number of aromatic carboxylic acids is 1. The van der Waals surface area contributed by atoms with Crippen molar-refractivity contribution in [1.82, 2.24) is 14.2 Å². The average molecular weight is 305 g/mol. The normalized spacial score (nSPS) is 19.2. The van der Waals surface area contributed by atoms with Gasteiger partial charge in [-0.25, -0.2) is 18.2 Å². The lowest BCUT2D eigenvalue weighted by molar-refractivity contribution is 0.0687. The lowest BCUT2D eigenvalue weighted by atomic mass is 10.4. The Bertz CT molecular complexity index is 569. The van der Waals surface area contributed by atoms with Crippen LogP contribution in [-0.4, -0.2) is 66.9 Å². The van der Waals surface area contributed by atoms with Crippen LogP contribution in [0.2, 0.25) is 0 Å². The number of carboxylic acid groups (broad SMARTS) is 1. The molecule has 1 aromatic heterocycles. The van der Waals surface area contributed by atoms with Crippen molar-refractivity contribution in [3.05, 3.63) is 11.2 Å². The Morgan fingerprint density at radius 3 is 2.79 bits per heavy atom. The maximum atomic E-state index is 12.4. The van der Waals surface area contributed by atoms with Gasteiger partial charge in [-0.2, -0.15) is 4.31 Å². The first kappa shape index (κ1) is 14.4. The molecule has 1 fully saturated rings. The SMILES string of the molecule is CN1CCCN(S(=O)(=O)c2scnc2C(=O)O)CC1. The first-order chi connectivity index (χ1) is 8.93. The van der Waals surface area contributed by atoms with Gasteiger partial charge < -0.3 is 10.0 Å². The standard InChI is InChI=1S/C10H15N3O4S2/c1-12-3-2-4-13(6-5-12)19(16,17)10-8(9(14)15)11-7-18-10/h7H,2-6H2,1H3,(H,14,15). The highest BCUT2D eigenvalue weighted by atomic mass is 32.2. The number of nitrogens with zero attached hydrogens (tertiary/aromatic N) is 3. The van der Waals surface area contributed by atoms with Crippen LogP contribution in [-0.2, 0) is 10.0 Å². The Morgan fingerprint density at radius 2 is 2.11 bits per heavy atom. The molecule has 0 atom stereocenters. The summed E-state index contributed by atoms with van der Waals surface area (Å²) in [4.78, 5) is 16.7. The van der Waals surface area contributed by atoms with Crippen molar-refractivity contribution in [1.29, 1.82) is 0 Å². The zero-order valence-corrected chi connectivity index (χ0v) is 12.1. The monoisotopic (exact) mass is 305 g/mol. The van der Waals surface area contributed by atoms with Gasteiger partial charge in [0.1, 0.15) is 0 Å². The highest BCUT2D eigenvalue weighted by Gasteiger charge is 2.32. The summed E-state index contributed by atoms with van der Waals surface area (Å²) in [6.07, 6.45) is 0.733. The summed E-state index contributed by atoms with van der Waals surface area (Å²) < 4.78 is 26.1. The first-order valence-electron chi connectivity index (χ1n) is 5.78. The van der Waals surface area contributed by atoms with Gasteiger partial charge in [-0.1, -0.05) is 0 Å². The van der Waals surface area contributed by atoms with Gasteiger partial charge in [0.25, 0.3) is 10.0 Å². The summed E-state index contributed by atoms with van der Waals surface area (Å²) in [5.74, 6) is -1.31. The van der Waals surface area contributed by atoms with E-state index < -0.39 is 16.0 Å². The highest BCUT2D eigenvalue weighted by molar-refractivity contribution is 7.91. The topological polar surface area (TPSA) is 90.8 Å². The number of likely N-dealkylation sites (N-methyl/N-ethyl adjacent to an activating group) is 1. The molecule has 1 aromatic rings. The molecule has 2 heterocycles. The average Bonchev–Trinajstić information content (AvgIpc) is 2.73. The summed E-state index contributed by atoms with van der Waals surface area (Å²) in [6, 6.07) is 0. The fourth-order valence-corrected chi connectivity index (χ4v) is 4.69. The van der Waals surface area contributed by atoms with E-state index >= 15 is 0 Å². The van der Waals surface area contributed by atoms with Crippen LogP contribution in [0.15, 0.2) is 9.72 Å². The lowest BCUT2D eigenvalue weighted by Gasteiger charge is -2.19. The van der Waals surface area contributed by atoms with Crippen molar-refractivity contribution in [2.45, 2.75) is 10.6 Å². The highest BCUT2D eigenvalue weighted by Crippen LogP contribution is 2.24. The van der Waals surface area contributed by atoms with E-state index in [4.69, 9.17) is 5.11 Å². The summed E-state index contributed by atoms with van der Waals surface area (Å²) in [5.41, 5.74) is 0.864. The number of rotatable bonds is 3. The molecule has 1 aliphatic heterocycles. The van der Waals surface area contributed by atoms with Crippen LogP contribution in [0, 0.1) is 0 Å². The molecular weight excluding hydrogens is 290 g/mol. The van der Waals surface area contributed by atoms with Crippen molar-refractivity contribution in [3.8, 4) is 0 Å². The van der Waals surface area contributed by atoms with Crippen LogP contribution in [0.5, 0.6) is 0 Å². The molecule has 1 N–H and O–H groups in total. The third-order valence-electron chi connectivity index (χ3n) is 2.99. The van der Waals surface area contributed by atoms with Gasteiger partial charge in [0.05, 0.1) is 5.51 Å². The Morgan fingerprint density at radius 1 is 1.37 bits per heavy atom. The van der Waals surface area contributed by atoms with Crippen LogP contribution in [0.3, 0.4) is 0 Å². The van der Waals surface area contributed by atoms with E-state index in [2.05, 4.69) is 9.88 Å². The van der Waals surface area contributed by atoms with Gasteiger partial charge in [-0.3, -0.25) is 0 Å². The molecule has 7 nitrogen and oxygen atoms in total. The van der Waals surface area contributed by atoms with Gasteiger partial charge >= 0.3 is 5.97 Å². The second-order valence-corrected chi connectivity index (χ2v) is 7.34. The minimum absolute atomic E-state index is 0.176. The van der Waals surface area contributed by atoms with Crippen molar-refractivity contribution in [2.75, 3.05) is 33.2 Å². The predicted octanol–water partition coefficient (Wildman–Crippen LogP) is 0.167. The Hall–Kier alpha value is -1.03. The first-order valence-corrected chi connectivity index (χ1v) is 8.10. The number of sulfonamides is 1. The number of hydrogen-bond acceptors (Lipinski definition) is 6. The van der Waals surface area contributed by atoms with Crippen LogP contribution >= 0.6 is 11.3 Å². The van der Waals surface area contributed by atoms with Crippen LogP contribution in [0.1, 0.15) is 16.9 Å². The molecule has 19 heavy (non-hydrogen) atoms. The van der Waals surface area contributed by atoms with Crippen LogP contribution in [0.4, 0.5) is 0 Å². The molecule has 0 bridgehead atoms. The van der Waals surface area contributed by atoms with E-state index in [1.54, 1.807) is 0 Å². The van der Waals surface area contributed by atoms with E-state index in [1.807, 2.05) is 7.05 Å². The van der Waals surface area contributed by atoms with Gasteiger partial charge in [-0.15, -0.1) is 11.3 Å². The number of aromatic nitrogens is 1. The summed E-state index contributed by atoms with van der Waals surface area (Å²) in [5, 5.41) is 8.97. The van der Waals surface area contributed by atoms with Crippen LogP contribution in [0.25, 0.3) is 0 Å². The molecule has 0 saturated carbocycles.